The summed E-state index contributed by atoms with van der Waals surface area (Å²) in [5, 5.41) is 2.75. The average Bonchev–Trinajstić information content (AvgIpc) is 3.61. The smallest absolute Gasteiger partial charge is 0.244 e. The second-order valence-electron chi connectivity index (χ2n) is 7.62. The van der Waals surface area contributed by atoms with E-state index in [-0.39, 0.29) is 17.1 Å². The molecule has 1 heterocycles. The maximum Gasteiger partial charge on any atom is 0.244 e. The molecule has 2 fully saturated rings. The van der Waals surface area contributed by atoms with Crippen molar-refractivity contribution < 1.29 is 27.4 Å². The van der Waals surface area contributed by atoms with Gasteiger partial charge >= 0.3 is 0 Å². The van der Waals surface area contributed by atoms with Gasteiger partial charge in [-0.25, -0.2) is 12.7 Å². The molecule has 1 saturated carbocycles. The van der Waals surface area contributed by atoms with E-state index in [9.17, 15) is 13.2 Å². The normalized spacial score (nSPS) is 18.4. The molecule has 1 amide bonds. The Hall–Kier alpha value is -2.26. The van der Waals surface area contributed by atoms with Gasteiger partial charge < -0.3 is 19.5 Å². The van der Waals surface area contributed by atoms with Gasteiger partial charge in [-0.2, -0.15) is 0 Å². The molecule has 1 aromatic rings. The monoisotopic (exact) mass is 438 g/mol. The highest BCUT2D eigenvalue weighted by Gasteiger charge is 2.41. The third kappa shape index (κ3) is 5.26. The summed E-state index contributed by atoms with van der Waals surface area (Å²) < 4.78 is 42.1. The number of hydrogen-bond donors (Lipinski definition) is 1. The molecule has 3 rings (SSSR count). The highest BCUT2D eigenvalue weighted by atomic mass is 32.2. The Balaban J connectivity index is 1.50. The summed E-state index contributed by atoms with van der Waals surface area (Å²) in [5.74, 6) is 1.62. The number of methoxy groups -OCH3 is 3. The van der Waals surface area contributed by atoms with Gasteiger partial charge in [0, 0.05) is 25.7 Å². The van der Waals surface area contributed by atoms with E-state index in [2.05, 4.69) is 5.32 Å². The minimum absolute atomic E-state index is 0.158. The Labute approximate surface area is 178 Å². The van der Waals surface area contributed by atoms with Crippen molar-refractivity contribution >= 4 is 22.0 Å². The Kier molecular flexibility index (Phi) is 7.25. The number of carbonyl (C=O) groups is 1. The topological polar surface area (TPSA) is 94.2 Å². The second kappa shape index (κ2) is 9.70. The number of sulfonamides is 1. The van der Waals surface area contributed by atoms with Gasteiger partial charge in [-0.1, -0.05) is 0 Å². The molecule has 2 aliphatic rings. The molecule has 0 atom stereocenters. The zero-order valence-electron chi connectivity index (χ0n) is 17.7. The third-order valence-electron chi connectivity index (χ3n) is 5.56. The molecule has 0 aromatic heterocycles. The molecule has 0 unspecified atom stereocenters. The third-order valence-corrected chi connectivity index (χ3v) is 7.96. The fraction of sp³-hybridized carbons (Fsp3) is 0.571. The Morgan fingerprint density at radius 2 is 1.67 bits per heavy atom. The van der Waals surface area contributed by atoms with Crippen LogP contribution in [-0.2, 0) is 14.8 Å². The highest BCUT2D eigenvalue weighted by Crippen LogP contribution is 2.38. The van der Waals surface area contributed by atoms with Gasteiger partial charge in [-0.3, -0.25) is 4.79 Å². The van der Waals surface area contributed by atoms with Gasteiger partial charge in [0.15, 0.2) is 11.5 Å². The molecule has 1 aliphatic carbocycles. The quantitative estimate of drug-likeness (QED) is 0.593. The van der Waals surface area contributed by atoms with Crippen LogP contribution in [0.1, 0.15) is 31.2 Å². The minimum atomic E-state index is -3.09. The van der Waals surface area contributed by atoms with E-state index in [1.165, 1.54) is 13.2 Å². The number of carbonyl (C=O) groups excluding carboxylic acids is 1. The second-order valence-corrected chi connectivity index (χ2v) is 9.84. The van der Waals surface area contributed by atoms with Crippen LogP contribution < -0.4 is 19.5 Å². The SMILES string of the molecule is COc1cc(/C=C/C(=O)NCC2CCN(S(=O)(=O)C3CC3)CC2)cc(OC)c1OC. The van der Waals surface area contributed by atoms with E-state index in [0.717, 1.165) is 31.2 Å². The standard InChI is InChI=1S/C21H30N2O6S/c1-27-18-12-16(13-19(28-2)21(18)29-3)4-7-20(24)22-14-15-8-10-23(11-9-15)30(25,26)17-5-6-17/h4,7,12-13,15,17H,5-6,8-11,14H2,1-3H3,(H,22,24)/b7-4+. The molecular weight excluding hydrogens is 408 g/mol. The number of piperidine rings is 1. The predicted molar refractivity (Wildman–Crippen MR) is 114 cm³/mol. The zero-order chi connectivity index (χ0) is 21.7. The summed E-state index contributed by atoms with van der Waals surface area (Å²) in [6, 6.07) is 3.53. The number of benzene rings is 1. The summed E-state index contributed by atoms with van der Waals surface area (Å²) in [5.41, 5.74) is 0.748. The Morgan fingerprint density at radius 1 is 1.07 bits per heavy atom. The molecule has 0 bridgehead atoms. The minimum Gasteiger partial charge on any atom is -0.493 e. The van der Waals surface area contributed by atoms with Crippen LogP contribution in [0.5, 0.6) is 17.2 Å². The van der Waals surface area contributed by atoms with E-state index >= 15 is 0 Å². The number of rotatable bonds is 9. The lowest BCUT2D eigenvalue weighted by Crippen LogP contribution is -2.42. The molecule has 9 heteroatoms. The zero-order valence-corrected chi connectivity index (χ0v) is 18.5. The first-order valence-electron chi connectivity index (χ1n) is 10.1. The first kappa shape index (κ1) is 22.4. The lowest BCUT2D eigenvalue weighted by Gasteiger charge is -2.31. The number of nitrogens with zero attached hydrogens (tertiary/aromatic N) is 1. The van der Waals surface area contributed by atoms with Gasteiger partial charge in [0.2, 0.25) is 21.7 Å². The van der Waals surface area contributed by atoms with Gasteiger partial charge in [0.05, 0.1) is 26.6 Å². The van der Waals surface area contributed by atoms with Gasteiger partial charge in [-0.05, 0) is 55.4 Å². The molecule has 0 radical (unpaired) electrons. The van der Waals surface area contributed by atoms with Crippen molar-refractivity contribution in [2.24, 2.45) is 5.92 Å². The first-order chi connectivity index (χ1) is 14.4. The maximum atomic E-state index is 12.3. The molecule has 1 aromatic carbocycles. The molecular formula is C21H30N2O6S. The fourth-order valence-corrected chi connectivity index (χ4v) is 5.49. The molecule has 166 valence electrons. The molecule has 8 nitrogen and oxygen atoms in total. The number of nitrogens with one attached hydrogen (secondary N) is 1. The maximum absolute atomic E-state index is 12.3. The van der Waals surface area contributed by atoms with Crippen molar-refractivity contribution in [2.75, 3.05) is 41.0 Å². The van der Waals surface area contributed by atoms with Gasteiger partial charge in [-0.15, -0.1) is 0 Å². The highest BCUT2D eigenvalue weighted by molar-refractivity contribution is 7.90. The van der Waals surface area contributed by atoms with E-state index in [1.54, 1.807) is 36.7 Å². The molecule has 1 saturated heterocycles. The Morgan fingerprint density at radius 3 is 2.17 bits per heavy atom. The first-order valence-corrected chi connectivity index (χ1v) is 11.6. The van der Waals surface area contributed by atoms with Crippen LogP contribution in [0.2, 0.25) is 0 Å². The summed E-state index contributed by atoms with van der Waals surface area (Å²) >= 11 is 0. The average molecular weight is 439 g/mol. The molecule has 1 N–H and O–H groups in total. The lowest BCUT2D eigenvalue weighted by atomic mass is 9.98. The van der Waals surface area contributed by atoms with Crippen LogP contribution in [0.15, 0.2) is 18.2 Å². The predicted octanol–water partition coefficient (Wildman–Crippen LogP) is 2.05. The van der Waals surface area contributed by atoms with E-state index in [1.807, 2.05) is 0 Å². The Bertz CT molecular complexity index is 862. The van der Waals surface area contributed by atoms with Crippen LogP contribution in [0.3, 0.4) is 0 Å². The lowest BCUT2D eigenvalue weighted by molar-refractivity contribution is -0.116. The molecule has 0 spiro atoms. The van der Waals surface area contributed by atoms with Crippen molar-refractivity contribution in [3.8, 4) is 17.2 Å². The summed E-state index contributed by atoms with van der Waals surface area (Å²) in [6.07, 6.45) is 6.26. The fourth-order valence-electron chi connectivity index (χ4n) is 3.62. The van der Waals surface area contributed by atoms with Crippen molar-refractivity contribution in [2.45, 2.75) is 30.9 Å². The number of amides is 1. The molecule has 30 heavy (non-hydrogen) atoms. The van der Waals surface area contributed by atoms with Gasteiger partial charge in [0.1, 0.15) is 0 Å². The summed E-state index contributed by atoms with van der Waals surface area (Å²) in [7, 11) is 1.52. The number of ether oxygens (including phenoxy) is 3. The van der Waals surface area contributed by atoms with Crippen LogP contribution in [0, 0.1) is 5.92 Å². The van der Waals surface area contributed by atoms with Crippen LogP contribution in [0.25, 0.3) is 6.08 Å². The summed E-state index contributed by atoms with van der Waals surface area (Å²) in [4.78, 5) is 12.2. The van der Waals surface area contributed by atoms with Gasteiger partial charge in [0.25, 0.3) is 0 Å². The molecule has 1 aliphatic heterocycles. The van der Waals surface area contributed by atoms with E-state index in [4.69, 9.17) is 14.2 Å². The van der Waals surface area contributed by atoms with Crippen molar-refractivity contribution in [3.05, 3.63) is 23.8 Å². The van der Waals surface area contributed by atoms with E-state index < -0.39 is 10.0 Å². The van der Waals surface area contributed by atoms with Crippen molar-refractivity contribution in [3.63, 3.8) is 0 Å². The van der Waals surface area contributed by atoms with E-state index in [0.29, 0.717) is 36.9 Å². The van der Waals surface area contributed by atoms with Crippen molar-refractivity contribution in [1.82, 2.24) is 9.62 Å². The van der Waals surface area contributed by atoms with Crippen LogP contribution in [0.4, 0.5) is 0 Å². The van der Waals surface area contributed by atoms with Crippen molar-refractivity contribution in [1.29, 1.82) is 0 Å². The number of hydrogen-bond acceptors (Lipinski definition) is 6. The van der Waals surface area contributed by atoms with Crippen LogP contribution >= 0.6 is 0 Å². The van der Waals surface area contributed by atoms with Crippen LogP contribution in [-0.4, -0.2) is 64.8 Å². The largest absolute Gasteiger partial charge is 0.493 e. The summed E-state index contributed by atoms with van der Waals surface area (Å²) in [6.45, 7) is 1.62.